The summed E-state index contributed by atoms with van der Waals surface area (Å²) in [5, 5.41) is 10.5. The van der Waals surface area contributed by atoms with Gasteiger partial charge < -0.3 is 4.57 Å². The van der Waals surface area contributed by atoms with Gasteiger partial charge in [0.15, 0.2) is 0 Å². The average molecular weight is 602 g/mol. The third-order valence-corrected chi connectivity index (χ3v) is 10.8. The summed E-state index contributed by atoms with van der Waals surface area (Å²) in [7, 11) is 0. The highest BCUT2D eigenvalue weighted by Gasteiger charge is 2.22. The topological polar surface area (TPSA) is 4.93 Å². The van der Waals surface area contributed by atoms with Crippen LogP contribution in [0, 0.1) is 0 Å². The van der Waals surface area contributed by atoms with Crippen LogP contribution in [0.3, 0.4) is 0 Å². The third-order valence-electron chi connectivity index (χ3n) is 9.58. The van der Waals surface area contributed by atoms with E-state index >= 15 is 0 Å². The van der Waals surface area contributed by atoms with Crippen LogP contribution in [0.5, 0.6) is 0 Å². The molecule has 1 nitrogen and oxygen atoms in total. The van der Waals surface area contributed by atoms with Gasteiger partial charge in [-0.2, -0.15) is 0 Å². The van der Waals surface area contributed by atoms with E-state index in [-0.39, 0.29) is 0 Å². The fourth-order valence-electron chi connectivity index (χ4n) is 7.59. The second-order valence-electron chi connectivity index (χ2n) is 12.0. The highest BCUT2D eigenvalue weighted by Crippen LogP contribution is 2.49. The van der Waals surface area contributed by atoms with Gasteiger partial charge in [0.25, 0.3) is 0 Å². The van der Waals surface area contributed by atoms with Crippen LogP contribution < -0.4 is 0 Å². The molecule has 0 atom stereocenters. The lowest BCUT2D eigenvalue weighted by atomic mass is 9.95. The zero-order chi connectivity index (χ0) is 30.2. The first-order chi connectivity index (χ1) is 22.8. The Morgan fingerprint density at radius 2 is 0.957 bits per heavy atom. The SMILES string of the molecule is c1ccc(-c2ccc(-c3cccc4c3sc3ccc5c(c34)c3c4ccccc4c4ccccc4c3n5-c3ccccc3)cc2)cc1. The maximum atomic E-state index is 2.49. The highest BCUT2D eigenvalue weighted by atomic mass is 32.1. The number of hydrogen-bond donors (Lipinski definition) is 0. The Morgan fingerprint density at radius 3 is 1.72 bits per heavy atom. The van der Waals surface area contributed by atoms with E-state index in [9.17, 15) is 0 Å². The van der Waals surface area contributed by atoms with E-state index in [0.717, 1.165) is 0 Å². The number of hydrogen-bond acceptors (Lipinski definition) is 1. The molecule has 0 amide bonds. The van der Waals surface area contributed by atoms with E-state index in [1.165, 1.54) is 91.5 Å². The number of benzene rings is 8. The van der Waals surface area contributed by atoms with Crippen LogP contribution in [-0.2, 0) is 0 Å². The Balaban J connectivity index is 1.34. The largest absolute Gasteiger partial charge is 0.309 e. The number of nitrogens with zero attached hydrogens (tertiary/aromatic N) is 1. The van der Waals surface area contributed by atoms with E-state index in [0.29, 0.717) is 0 Å². The fraction of sp³-hybridized carbons (Fsp3) is 0. The van der Waals surface area contributed by atoms with Gasteiger partial charge in [-0.1, -0.05) is 140 Å². The van der Waals surface area contributed by atoms with Gasteiger partial charge >= 0.3 is 0 Å². The van der Waals surface area contributed by atoms with E-state index in [4.69, 9.17) is 0 Å². The van der Waals surface area contributed by atoms with Gasteiger partial charge in [0.1, 0.15) is 0 Å². The van der Waals surface area contributed by atoms with Gasteiger partial charge in [-0.15, -0.1) is 11.3 Å². The summed E-state index contributed by atoms with van der Waals surface area (Å²) in [4.78, 5) is 0. The Morgan fingerprint density at radius 1 is 0.370 bits per heavy atom. The molecular formula is C44H27NS. The van der Waals surface area contributed by atoms with Crippen LogP contribution in [0.2, 0.25) is 0 Å². The lowest BCUT2D eigenvalue weighted by molar-refractivity contribution is 1.19. The number of thiophene rings is 1. The molecule has 46 heavy (non-hydrogen) atoms. The van der Waals surface area contributed by atoms with Crippen molar-refractivity contribution in [2.45, 2.75) is 0 Å². The summed E-state index contributed by atoms with van der Waals surface area (Å²) in [6, 6.07) is 59.9. The molecule has 0 spiro atoms. The van der Waals surface area contributed by atoms with Gasteiger partial charge in [0, 0.05) is 42.0 Å². The highest BCUT2D eigenvalue weighted by molar-refractivity contribution is 7.26. The number of aromatic nitrogens is 1. The molecule has 0 bridgehead atoms. The predicted octanol–water partition coefficient (Wildman–Crippen LogP) is 12.8. The van der Waals surface area contributed by atoms with E-state index in [1.807, 2.05) is 11.3 Å². The monoisotopic (exact) mass is 601 g/mol. The van der Waals surface area contributed by atoms with Crippen molar-refractivity contribution in [3.05, 3.63) is 164 Å². The van der Waals surface area contributed by atoms with Crippen LogP contribution in [0.25, 0.3) is 91.5 Å². The maximum absolute atomic E-state index is 2.49. The van der Waals surface area contributed by atoms with Crippen molar-refractivity contribution in [1.29, 1.82) is 0 Å². The Kier molecular flexibility index (Phi) is 5.51. The number of fused-ring (bicyclic) bond motifs is 12. The molecule has 10 aromatic rings. The standard InChI is InChI=1S/C44H27NS/c1-3-12-28(13-4-1)29-22-24-30(25-23-29)32-20-11-21-37-40-39(46-44(32)37)27-26-38-42(40)41-35-18-9-7-16-33(35)34-17-8-10-19-36(34)43(41)45(38)31-14-5-2-6-15-31/h1-27H. The lowest BCUT2D eigenvalue weighted by Gasteiger charge is -2.12. The summed E-state index contributed by atoms with van der Waals surface area (Å²) in [5.74, 6) is 0. The van der Waals surface area contributed by atoms with E-state index in [1.54, 1.807) is 0 Å². The molecule has 0 saturated heterocycles. The quantitative estimate of drug-likeness (QED) is 0.178. The normalized spacial score (nSPS) is 11.9. The van der Waals surface area contributed by atoms with Crippen LogP contribution in [-0.4, -0.2) is 4.57 Å². The van der Waals surface area contributed by atoms with Gasteiger partial charge in [0.2, 0.25) is 0 Å². The first-order valence-corrected chi connectivity index (χ1v) is 16.6. The van der Waals surface area contributed by atoms with Crippen LogP contribution in [0.4, 0.5) is 0 Å². The summed E-state index contributed by atoms with van der Waals surface area (Å²) < 4.78 is 5.15. The Labute approximate surface area is 270 Å². The molecule has 0 unspecified atom stereocenters. The van der Waals surface area contributed by atoms with E-state index in [2.05, 4.69) is 168 Å². The second-order valence-corrected chi connectivity index (χ2v) is 13.1. The Hall–Kier alpha value is -5.70. The molecule has 0 N–H and O–H groups in total. The second kappa shape index (κ2) is 9.90. The number of para-hydroxylation sites is 1. The molecule has 0 aliphatic rings. The first kappa shape index (κ1) is 25.6. The molecule has 10 rings (SSSR count). The van der Waals surface area contributed by atoms with Crippen molar-refractivity contribution in [2.75, 3.05) is 0 Å². The zero-order valence-corrected chi connectivity index (χ0v) is 25.8. The molecule has 0 aliphatic carbocycles. The van der Waals surface area contributed by atoms with Crippen LogP contribution in [0.15, 0.2) is 164 Å². The van der Waals surface area contributed by atoms with Crippen molar-refractivity contribution in [2.24, 2.45) is 0 Å². The van der Waals surface area contributed by atoms with Crippen molar-refractivity contribution < 1.29 is 0 Å². The molecule has 2 heterocycles. The van der Waals surface area contributed by atoms with Crippen LogP contribution in [0.1, 0.15) is 0 Å². The Bertz CT molecular complexity index is 2770. The van der Waals surface area contributed by atoms with Crippen molar-refractivity contribution in [1.82, 2.24) is 4.57 Å². The maximum Gasteiger partial charge on any atom is 0.0626 e. The van der Waals surface area contributed by atoms with Crippen LogP contribution >= 0.6 is 11.3 Å². The van der Waals surface area contributed by atoms with Crippen molar-refractivity contribution in [3.8, 4) is 27.9 Å². The lowest BCUT2D eigenvalue weighted by Crippen LogP contribution is -1.94. The molecule has 0 saturated carbocycles. The minimum Gasteiger partial charge on any atom is -0.309 e. The molecule has 0 fully saturated rings. The smallest absolute Gasteiger partial charge is 0.0626 e. The van der Waals surface area contributed by atoms with Gasteiger partial charge in [-0.05, 0) is 62.7 Å². The van der Waals surface area contributed by atoms with E-state index < -0.39 is 0 Å². The van der Waals surface area contributed by atoms with Crippen molar-refractivity contribution >= 4 is 74.9 Å². The van der Waals surface area contributed by atoms with Gasteiger partial charge in [-0.3, -0.25) is 0 Å². The summed E-state index contributed by atoms with van der Waals surface area (Å²) in [6.07, 6.45) is 0. The van der Waals surface area contributed by atoms with Gasteiger partial charge in [0.05, 0.1) is 11.0 Å². The van der Waals surface area contributed by atoms with Crippen molar-refractivity contribution in [3.63, 3.8) is 0 Å². The molecule has 0 radical (unpaired) electrons. The molecule has 0 aliphatic heterocycles. The zero-order valence-electron chi connectivity index (χ0n) is 24.9. The summed E-state index contributed by atoms with van der Waals surface area (Å²) in [6.45, 7) is 0. The molecule has 214 valence electrons. The predicted molar refractivity (Wildman–Crippen MR) is 200 cm³/mol. The molecular weight excluding hydrogens is 575 g/mol. The molecule has 2 aromatic heterocycles. The van der Waals surface area contributed by atoms with Gasteiger partial charge in [-0.25, -0.2) is 0 Å². The first-order valence-electron chi connectivity index (χ1n) is 15.8. The minimum atomic E-state index is 1.18. The molecule has 2 heteroatoms. The summed E-state index contributed by atoms with van der Waals surface area (Å²) in [5.41, 5.74) is 8.71. The third kappa shape index (κ3) is 3.62. The fourth-order valence-corrected chi connectivity index (χ4v) is 8.84. The number of rotatable bonds is 3. The molecule has 8 aromatic carbocycles. The average Bonchev–Trinajstić information content (AvgIpc) is 3.69. The minimum absolute atomic E-state index is 1.18. The summed E-state index contributed by atoms with van der Waals surface area (Å²) >= 11 is 1.91.